The highest BCUT2D eigenvalue weighted by molar-refractivity contribution is 5.83. The van der Waals surface area contributed by atoms with E-state index in [2.05, 4.69) is 5.32 Å². The summed E-state index contributed by atoms with van der Waals surface area (Å²) in [6.07, 6.45) is 4.30. The Labute approximate surface area is 85.2 Å². The van der Waals surface area contributed by atoms with Gasteiger partial charge in [-0.3, -0.25) is 4.79 Å². The molecule has 0 amide bonds. The van der Waals surface area contributed by atoms with Gasteiger partial charge in [0.2, 0.25) is 0 Å². The monoisotopic (exact) mass is 197 g/mol. The van der Waals surface area contributed by atoms with Crippen LogP contribution in [-0.4, -0.2) is 32.1 Å². The van der Waals surface area contributed by atoms with Crippen molar-refractivity contribution in [1.29, 1.82) is 0 Å². The van der Waals surface area contributed by atoms with Gasteiger partial charge in [-0.25, -0.2) is 0 Å². The second-order valence-corrected chi connectivity index (χ2v) is 4.36. The van der Waals surface area contributed by atoms with Crippen molar-refractivity contribution in [2.45, 2.75) is 25.7 Å². The molecule has 2 heterocycles. The van der Waals surface area contributed by atoms with Gasteiger partial charge in [0.1, 0.15) is 5.78 Å². The van der Waals surface area contributed by atoms with Crippen LogP contribution >= 0.6 is 0 Å². The molecule has 0 aromatic rings. The van der Waals surface area contributed by atoms with Crippen LogP contribution in [0.1, 0.15) is 25.7 Å². The topological polar surface area (TPSA) is 38.3 Å². The van der Waals surface area contributed by atoms with E-state index in [-0.39, 0.29) is 11.8 Å². The molecule has 14 heavy (non-hydrogen) atoms. The molecule has 2 rings (SSSR count). The molecule has 0 saturated carbocycles. The third-order valence-electron chi connectivity index (χ3n) is 3.26. The van der Waals surface area contributed by atoms with Crippen molar-refractivity contribution in [2.24, 2.45) is 11.8 Å². The van der Waals surface area contributed by atoms with Crippen LogP contribution in [0.25, 0.3) is 0 Å². The molecule has 2 fully saturated rings. The molecule has 1 N–H and O–H groups in total. The van der Waals surface area contributed by atoms with Crippen LogP contribution in [0.3, 0.4) is 0 Å². The van der Waals surface area contributed by atoms with Crippen LogP contribution < -0.4 is 5.32 Å². The summed E-state index contributed by atoms with van der Waals surface area (Å²) in [5.74, 6) is 0.890. The summed E-state index contributed by atoms with van der Waals surface area (Å²) in [6.45, 7) is 3.46. The Kier molecular flexibility index (Phi) is 3.54. The molecule has 0 radical (unpaired) electrons. The molecule has 0 bridgehead atoms. The zero-order valence-electron chi connectivity index (χ0n) is 8.63. The molecule has 2 atom stereocenters. The summed E-state index contributed by atoms with van der Waals surface area (Å²) >= 11 is 0. The summed E-state index contributed by atoms with van der Waals surface area (Å²) in [4.78, 5) is 12.0. The minimum atomic E-state index is 0.189. The van der Waals surface area contributed by atoms with Crippen LogP contribution in [0.5, 0.6) is 0 Å². The molecule has 2 saturated heterocycles. The average molecular weight is 197 g/mol. The maximum Gasteiger partial charge on any atom is 0.142 e. The second-order valence-electron chi connectivity index (χ2n) is 4.36. The first kappa shape index (κ1) is 10.1. The molecule has 2 aliphatic rings. The number of ketones is 1. The van der Waals surface area contributed by atoms with Gasteiger partial charge >= 0.3 is 0 Å². The zero-order valence-corrected chi connectivity index (χ0v) is 8.63. The van der Waals surface area contributed by atoms with Gasteiger partial charge in [0.05, 0.1) is 6.61 Å². The van der Waals surface area contributed by atoms with Gasteiger partial charge in [0.25, 0.3) is 0 Å². The highest BCUT2D eigenvalue weighted by Gasteiger charge is 2.29. The predicted molar refractivity (Wildman–Crippen MR) is 54.1 cm³/mol. The van der Waals surface area contributed by atoms with E-state index in [1.54, 1.807) is 0 Å². The SMILES string of the molecule is O=C([C@@H]1CCCNC1)[C@@H]1CCCOC1. The first-order valence-electron chi connectivity index (χ1n) is 5.70. The average Bonchev–Trinajstić information content (AvgIpc) is 2.30. The maximum absolute atomic E-state index is 12.0. The fourth-order valence-electron chi connectivity index (χ4n) is 2.39. The van der Waals surface area contributed by atoms with Crippen LogP contribution in [-0.2, 0) is 9.53 Å². The summed E-state index contributed by atoms with van der Waals surface area (Å²) < 4.78 is 5.35. The Balaban J connectivity index is 1.85. The minimum absolute atomic E-state index is 0.189. The quantitative estimate of drug-likeness (QED) is 0.717. The Hall–Kier alpha value is -0.410. The Bertz CT molecular complexity index is 173. The molecular weight excluding hydrogens is 178 g/mol. The number of piperidine rings is 1. The van der Waals surface area contributed by atoms with Crippen LogP contribution in [0.15, 0.2) is 0 Å². The van der Waals surface area contributed by atoms with Crippen molar-refractivity contribution < 1.29 is 9.53 Å². The maximum atomic E-state index is 12.0. The Morgan fingerprint density at radius 3 is 2.71 bits per heavy atom. The van der Waals surface area contributed by atoms with Gasteiger partial charge in [-0.05, 0) is 32.2 Å². The van der Waals surface area contributed by atoms with E-state index >= 15 is 0 Å². The minimum Gasteiger partial charge on any atom is -0.381 e. The Morgan fingerprint density at radius 2 is 2.07 bits per heavy atom. The van der Waals surface area contributed by atoms with Gasteiger partial charge in [-0.2, -0.15) is 0 Å². The molecule has 0 spiro atoms. The summed E-state index contributed by atoms with van der Waals surface area (Å²) in [5.41, 5.74) is 0. The molecule has 0 unspecified atom stereocenters. The molecule has 0 aliphatic carbocycles. The number of rotatable bonds is 2. The summed E-state index contributed by atoms with van der Waals surface area (Å²) in [6, 6.07) is 0. The highest BCUT2D eigenvalue weighted by atomic mass is 16.5. The molecular formula is C11H19NO2. The third-order valence-corrected chi connectivity index (χ3v) is 3.26. The lowest BCUT2D eigenvalue weighted by atomic mass is 9.85. The first-order chi connectivity index (χ1) is 6.88. The van der Waals surface area contributed by atoms with Crippen molar-refractivity contribution in [2.75, 3.05) is 26.3 Å². The van der Waals surface area contributed by atoms with Crippen LogP contribution in [0.4, 0.5) is 0 Å². The van der Waals surface area contributed by atoms with Crippen LogP contribution in [0, 0.1) is 11.8 Å². The van der Waals surface area contributed by atoms with E-state index in [0.29, 0.717) is 12.4 Å². The number of Topliss-reactive ketones (excluding diaryl/α,β-unsaturated/α-hetero) is 1. The third kappa shape index (κ3) is 2.34. The number of hydrogen-bond donors (Lipinski definition) is 1. The van der Waals surface area contributed by atoms with Gasteiger partial charge < -0.3 is 10.1 Å². The van der Waals surface area contributed by atoms with E-state index in [0.717, 1.165) is 45.4 Å². The van der Waals surface area contributed by atoms with Crippen molar-refractivity contribution in [3.63, 3.8) is 0 Å². The standard InChI is InChI=1S/C11H19NO2/c13-11(9-3-1-5-12-7-9)10-4-2-6-14-8-10/h9-10,12H,1-8H2/t9-,10-/m1/s1. The lowest BCUT2D eigenvalue weighted by Gasteiger charge is -2.28. The lowest BCUT2D eigenvalue weighted by molar-refractivity contribution is -0.131. The zero-order chi connectivity index (χ0) is 9.80. The van der Waals surface area contributed by atoms with E-state index in [9.17, 15) is 4.79 Å². The van der Waals surface area contributed by atoms with Crippen molar-refractivity contribution in [3.05, 3.63) is 0 Å². The summed E-state index contributed by atoms with van der Waals surface area (Å²) in [7, 11) is 0. The molecule has 80 valence electrons. The van der Waals surface area contributed by atoms with Gasteiger partial charge in [0, 0.05) is 25.0 Å². The largest absolute Gasteiger partial charge is 0.381 e. The van der Waals surface area contributed by atoms with E-state index in [1.807, 2.05) is 0 Å². The number of hydrogen-bond acceptors (Lipinski definition) is 3. The van der Waals surface area contributed by atoms with Gasteiger partial charge in [-0.15, -0.1) is 0 Å². The molecule has 3 nitrogen and oxygen atoms in total. The van der Waals surface area contributed by atoms with Gasteiger partial charge in [0.15, 0.2) is 0 Å². The fourth-order valence-corrected chi connectivity index (χ4v) is 2.39. The smallest absolute Gasteiger partial charge is 0.142 e. The lowest BCUT2D eigenvalue weighted by Crippen LogP contribution is -2.39. The van der Waals surface area contributed by atoms with Crippen LogP contribution in [0.2, 0.25) is 0 Å². The molecule has 2 aliphatic heterocycles. The number of carbonyl (C=O) groups is 1. The van der Waals surface area contributed by atoms with E-state index in [4.69, 9.17) is 4.74 Å². The number of nitrogens with one attached hydrogen (secondary N) is 1. The van der Waals surface area contributed by atoms with Gasteiger partial charge in [-0.1, -0.05) is 0 Å². The van der Waals surface area contributed by atoms with E-state index < -0.39 is 0 Å². The van der Waals surface area contributed by atoms with E-state index in [1.165, 1.54) is 0 Å². The van der Waals surface area contributed by atoms with Crippen molar-refractivity contribution >= 4 is 5.78 Å². The molecule has 3 heteroatoms. The van der Waals surface area contributed by atoms with Crippen molar-refractivity contribution in [1.82, 2.24) is 5.32 Å². The highest BCUT2D eigenvalue weighted by Crippen LogP contribution is 2.22. The van der Waals surface area contributed by atoms with Crippen molar-refractivity contribution in [3.8, 4) is 0 Å². The second kappa shape index (κ2) is 4.89. The molecule has 0 aromatic carbocycles. The molecule has 0 aromatic heterocycles. The first-order valence-corrected chi connectivity index (χ1v) is 5.70. The Morgan fingerprint density at radius 1 is 1.21 bits per heavy atom. The summed E-state index contributed by atoms with van der Waals surface area (Å²) in [5, 5.41) is 3.29. The normalized spacial score (nSPS) is 34.0. The number of carbonyl (C=O) groups excluding carboxylic acids is 1. The number of ether oxygens (including phenoxy) is 1. The predicted octanol–water partition coefficient (Wildman–Crippen LogP) is 0.982. The fraction of sp³-hybridized carbons (Fsp3) is 0.909.